The van der Waals surface area contributed by atoms with Gasteiger partial charge in [-0.15, -0.1) is 11.8 Å². The zero-order chi connectivity index (χ0) is 19.7. The fraction of sp³-hybridized carbons (Fsp3) is 0.474. The van der Waals surface area contributed by atoms with E-state index in [1.807, 2.05) is 31.2 Å². The molecule has 0 aliphatic heterocycles. The number of nitriles is 1. The number of nitrogens with one attached hydrogen (secondary N) is 2. The zero-order valence-electron chi connectivity index (χ0n) is 15.2. The minimum atomic E-state index is -0.827. The number of aryl methyl sites for hydroxylation is 1. The van der Waals surface area contributed by atoms with E-state index in [0.29, 0.717) is 18.5 Å². The van der Waals surface area contributed by atoms with E-state index in [1.165, 1.54) is 0 Å². The van der Waals surface area contributed by atoms with Crippen molar-refractivity contribution in [3.63, 3.8) is 0 Å². The maximum absolute atomic E-state index is 11.9. The molecule has 0 heterocycles. The van der Waals surface area contributed by atoms with Crippen LogP contribution in [0, 0.1) is 18.3 Å². The Morgan fingerprint density at radius 1 is 1.15 bits per heavy atom. The molecular weight excluding hydrogens is 366 g/mol. The molecule has 1 aromatic rings. The van der Waals surface area contributed by atoms with Gasteiger partial charge in [-0.2, -0.15) is 5.26 Å². The molecule has 0 spiro atoms. The third-order valence-corrected chi connectivity index (χ3v) is 5.11. The molecule has 1 saturated carbocycles. The van der Waals surface area contributed by atoms with Crippen LogP contribution < -0.4 is 10.6 Å². The summed E-state index contributed by atoms with van der Waals surface area (Å²) in [4.78, 5) is 35.4. The predicted octanol–water partition coefficient (Wildman–Crippen LogP) is 2.16. The molecule has 0 saturated heterocycles. The van der Waals surface area contributed by atoms with Gasteiger partial charge in [0.25, 0.3) is 5.91 Å². The van der Waals surface area contributed by atoms with Crippen LogP contribution in [-0.4, -0.2) is 41.4 Å². The molecule has 1 aromatic carbocycles. The van der Waals surface area contributed by atoms with Crippen molar-refractivity contribution in [1.82, 2.24) is 5.32 Å². The average Bonchev–Trinajstić information content (AvgIpc) is 3.11. The largest absolute Gasteiger partial charge is 0.455 e. The number of rotatable bonds is 8. The number of hydrogen-bond donors (Lipinski definition) is 2. The normalized spacial score (nSPS) is 14.8. The summed E-state index contributed by atoms with van der Waals surface area (Å²) >= 11 is 1.11. The molecule has 0 radical (unpaired) electrons. The number of carbonyl (C=O) groups excluding carboxylic acids is 3. The van der Waals surface area contributed by atoms with Gasteiger partial charge in [-0.25, -0.2) is 0 Å². The van der Waals surface area contributed by atoms with Crippen LogP contribution in [0.4, 0.5) is 5.69 Å². The minimum Gasteiger partial charge on any atom is -0.455 e. The van der Waals surface area contributed by atoms with Gasteiger partial charge in [-0.05, 0) is 44.7 Å². The number of benzene rings is 1. The third kappa shape index (κ3) is 6.94. The molecule has 27 heavy (non-hydrogen) atoms. The van der Waals surface area contributed by atoms with Crippen LogP contribution in [0.2, 0.25) is 0 Å². The van der Waals surface area contributed by atoms with Crippen LogP contribution >= 0.6 is 11.8 Å². The van der Waals surface area contributed by atoms with Crippen LogP contribution in [0.1, 0.15) is 31.2 Å². The summed E-state index contributed by atoms with van der Waals surface area (Å²) in [7, 11) is 0. The molecule has 7 nitrogen and oxygen atoms in total. The SMILES string of the molecule is Cc1ccc(NC(=O)CSCC(=O)OCC(=O)NC2(C#N)CCCC2)cc1. The Balaban J connectivity index is 1.61. The number of nitrogens with zero attached hydrogens (tertiary/aromatic N) is 1. The lowest BCUT2D eigenvalue weighted by Crippen LogP contribution is -2.46. The Labute approximate surface area is 162 Å². The van der Waals surface area contributed by atoms with Crippen LogP contribution in [-0.2, 0) is 19.1 Å². The van der Waals surface area contributed by atoms with E-state index >= 15 is 0 Å². The van der Waals surface area contributed by atoms with Gasteiger partial charge in [0.05, 0.1) is 17.6 Å². The summed E-state index contributed by atoms with van der Waals surface area (Å²) < 4.78 is 4.90. The summed E-state index contributed by atoms with van der Waals surface area (Å²) in [5.41, 5.74) is 0.971. The molecule has 0 aromatic heterocycles. The summed E-state index contributed by atoms with van der Waals surface area (Å²) in [6.45, 7) is 1.54. The monoisotopic (exact) mass is 389 g/mol. The second-order valence-corrected chi connectivity index (χ2v) is 7.50. The standard InChI is InChI=1S/C19H23N3O4S/c1-14-4-6-15(7-5-14)21-17(24)11-27-12-18(25)26-10-16(23)22-19(13-20)8-2-3-9-19/h4-7H,2-3,8-12H2,1H3,(H,21,24)(H,22,23). The van der Waals surface area contributed by atoms with Gasteiger partial charge >= 0.3 is 5.97 Å². The second kappa shape index (κ2) is 9.97. The molecule has 8 heteroatoms. The summed E-state index contributed by atoms with van der Waals surface area (Å²) in [5, 5.41) is 14.6. The first-order valence-electron chi connectivity index (χ1n) is 8.75. The van der Waals surface area contributed by atoms with E-state index in [4.69, 9.17) is 4.74 Å². The molecule has 2 N–H and O–H groups in total. The van der Waals surface area contributed by atoms with Crippen molar-refractivity contribution >= 4 is 35.2 Å². The van der Waals surface area contributed by atoms with E-state index in [9.17, 15) is 19.6 Å². The van der Waals surface area contributed by atoms with Gasteiger partial charge in [0.15, 0.2) is 6.61 Å². The highest BCUT2D eigenvalue weighted by Gasteiger charge is 2.35. The van der Waals surface area contributed by atoms with Crippen molar-refractivity contribution < 1.29 is 19.1 Å². The number of esters is 1. The Bertz CT molecular complexity index is 721. The summed E-state index contributed by atoms with van der Waals surface area (Å²) in [5.74, 6) is -1.19. The molecule has 1 aliphatic carbocycles. The first-order valence-corrected chi connectivity index (χ1v) is 9.90. The first kappa shape index (κ1) is 20.8. The van der Waals surface area contributed by atoms with Gasteiger partial charge < -0.3 is 15.4 Å². The molecule has 0 bridgehead atoms. The van der Waals surface area contributed by atoms with Crippen molar-refractivity contribution in [3.05, 3.63) is 29.8 Å². The molecular formula is C19H23N3O4S. The van der Waals surface area contributed by atoms with E-state index in [0.717, 1.165) is 30.2 Å². The van der Waals surface area contributed by atoms with Crippen molar-refractivity contribution in [3.8, 4) is 6.07 Å². The van der Waals surface area contributed by atoms with Crippen molar-refractivity contribution in [2.45, 2.75) is 38.1 Å². The van der Waals surface area contributed by atoms with Crippen LogP contribution in [0.25, 0.3) is 0 Å². The summed E-state index contributed by atoms with van der Waals surface area (Å²) in [6.07, 6.45) is 3.04. The molecule has 0 unspecified atom stereocenters. The Kier molecular flexibility index (Phi) is 7.67. The number of carbonyl (C=O) groups is 3. The van der Waals surface area contributed by atoms with Gasteiger partial charge in [0, 0.05) is 5.69 Å². The molecule has 1 aliphatic rings. The average molecular weight is 389 g/mol. The Morgan fingerprint density at radius 2 is 1.81 bits per heavy atom. The first-order chi connectivity index (χ1) is 12.9. The van der Waals surface area contributed by atoms with Crippen molar-refractivity contribution in [2.75, 3.05) is 23.4 Å². The number of ether oxygens (including phenoxy) is 1. The molecule has 2 amide bonds. The van der Waals surface area contributed by atoms with Gasteiger partial charge in [-0.3, -0.25) is 14.4 Å². The van der Waals surface area contributed by atoms with Gasteiger partial charge in [-0.1, -0.05) is 17.7 Å². The lowest BCUT2D eigenvalue weighted by molar-refractivity contribution is -0.146. The smallest absolute Gasteiger partial charge is 0.316 e. The van der Waals surface area contributed by atoms with E-state index in [2.05, 4.69) is 16.7 Å². The Hall–Kier alpha value is -2.53. The zero-order valence-corrected chi connectivity index (χ0v) is 16.1. The van der Waals surface area contributed by atoms with Crippen LogP contribution in [0.5, 0.6) is 0 Å². The van der Waals surface area contributed by atoms with E-state index in [-0.39, 0.29) is 17.4 Å². The number of anilines is 1. The highest BCUT2D eigenvalue weighted by molar-refractivity contribution is 8.00. The van der Waals surface area contributed by atoms with Crippen molar-refractivity contribution in [2.24, 2.45) is 0 Å². The molecule has 1 fully saturated rings. The fourth-order valence-corrected chi connectivity index (χ4v) is 3.40. The number of hydrogen-bond acceptors (Lipinski definition) is 6. The maximum Gasteiger partial charge on any atom is 0.316 e. The third-order valence-electron chi connectivity index (χ3n) is 4.20. The van der Waals surface area contributed by atoms with Crippen LogP contribution in [0.3, 0.4) is 0 Å². The van der Waals surface area contributed by atoms with Crippen molar-refractivity contribution in [1.29, 1.82) is 5.26 Å². The molecule has 2 rings (SSSR count). The second-order valence-electron chi connectivity index (χ2n) is 6.52. The molecule has 144 valence electrons. The molecule has 0 atom stereocenters. The lowest BCUT2D eigenvalue weighted by atomic mass is 10.00. The minimum absolute atomic E-state index is 0.0298. The van der Waals surface area contributed by atoms with Crippen LogP contribution in [0.15, 0.2) is 24.3 Å². The van der Waals surface area contributed by atoms with Gasteiger partial charge in [0.2, 0.25) is 5.91 Å². The quantitative estimate of drug-likeness (QED) is 0.660. The van der Waals surface area contributed by atoms with E-state index < -0.39 is 24.0 Å². The topological polar surface area (TPSA) is 108 Å². The highest BCUT2D eigenvalue weighted by Crippen LogP contribution is 2.28. The highest BCUT2D eigenvalue weighted by atomic mass is 32.2. The lowest BCUT2D eigenvalue weighted by Gasteiger charge is -2.21. The fourth-order valence-electron chi connectivity index (χ4n) is 2.80. The predicted molar refractivity (Wildman–Crippen MR) is 103 cm³/mol. The van der Waals surface area contributed by atoms with E-state index in [1.54, 1.807) is 0 Å². The number of thioether (sulfide) groups is 1. The Morgan fingerprint density at radius 3 is 2.44 bits per heavy atom. The number of amides is 2. The van der Waals surface area contributed by atoms with Gasteiger partial charge in [0.1, 0.15) is 5.54 Å². The maximum atomic E-state index is 11.9. The summed E-state index contributed by atoms with van der Waals surface area (Å²) in [6, 6.07) is 9.55.